The highest BCUT2D eigenvalue weighted by atomic mass is 32.1. The van der Waals surface area contributed by atoms with Crippen molar-refractivity contribution in [3.63, 3.8) is 0 Å². The summed E-state index contributed by atoms with van der Waals surface area (Å²) in [5.74, 6) is 1.48. The normalized spacial score (nSPS) is 10.5. The number of esters is 1. The van der Waals surface area contributed by atoms with Gasteiger partial charge in [-0.25, -0.2) is 0 Å². The molecule has 27 heavy (non-hydrogen) atoms. The smallest absolute Gasteiger partial charge is 0.306 e. The molecule has 6 heteroatoms. The molecule has 0 aliphatic heterocycles. The van der Waals surface area contributed by atoms with Gasteiger partial charge in [0.2, 0.25) is 0 Å². The SMILES string of the molecule is C#CCNC(=O)COC(=O)CCc1c(-c2cccs2)[nH]c2ccc(C)cc12. The van der Waals surface area contributed by atoms with Crippen molar-refractivity contribution in [2.45, 2.75) is 19.8 Å². The zero-order valence-corrected chi connectivity index (χ0v) is 15.8. The van der Waals surface area contributed by atoms with E-state index in [1.165, 1.54) is 0 Å². The molecule has 0 radical (unpaired) electrons. The number of aromatic nitrogens is 1. The minimum absolute atomic E-state index is 0.120. The van der Waals surface area contributed by atoms with Gasteiger partial charge in [-0.15, -0.1) is 17.8 Å². The topological polar surface area (TPSA) is 71.2 Å². The molecule has 2 heterocycles. The van der Waals surface area contributed by atoms with Gasteiger partial charge in [-0.2, -0.15) is 0 Å². The van der Waals surface area contributed by atoms with Crippen LogP contribution >= 0.6 is 11.3 Å². The summed E-state index contributed by atoms with van der Waals surface area (Å²) in [6, 6.07) is 10.3. The molecule has 0 saturated heterocycles. The Morgan fingerprint density at radius 2 is 2.19 bits per heavy atom. The Bertz CT molecular complexity index is 997. The van der Waals surface area contributed by atoms with E-state index in [2.05, 4.69) is 40.5 Å². The van der Waals surface area contributed by atoms with Crippen molar-refractivity contribution in [2.24, 2.45) is 0 Å². The Labute approximate surface area is 161 Å². The summed E-state index contributed by atoms with van der Waals surface area (Å²) >= 11 is 1.65. The zero-order valence-electron chi connectivity index (χ0n) is 15.0. The summed E-state index contributed by atoms with van der Waals surface area (Å²) in [5.41, 5.74) is 4.32. The molecule has 0 atom stereocenters. The van der Waals surface area contributed by atoms with Crippen molar-refractivity contribution in [3.05, 3.63) is 46.8 Å². The van der Waals surface area contributed by atoms with Crippen LogP contribution in [0.3, 0.4) is 0 Å². The Hall–Kier alpha value is -3.04. The number of ether oxygens (including phenoxy) is 1. The summed E-state index contributed by atoms with van der Waals surface area (Å²) in [6.07, 6.45) is 5.80. The van der Waals surface area contributed by atoms with E-state index >= 15 is 0 Å². The zero-order chi connectivity index (χ0) is 19.2. The number of hydrogen-bond acceptors (Lipinski definition) is 4. The van der Waals surface area contributed by atoms with E-state index in [1.807, 2.05) is 18.4 Å². The maximum absolute atomic E-state index is 12.1. The third-order valence-corrected chi connectivity index (χ3v) is 5.05. The third-order valence-electron chi connectivity index (χ3n) is 4.16. The Kier molecular flexibility index (Phi) is 5.94. The molecule has 0 unspecified atom stereocenters. The van der Waals surface area contributed by atoms with Crippen LogP contribution in [0.4, 0.5) is 0 Å². The minimum Gasteiger partial charge on any atom is -0.456 e. The highest BCUT2D eigenvalue weighted by Gasteiger charge is 2.16. The first-order chi connectivity index (χ1) is 13.1. The second-order valence-corrected chi connectivity index (χ2v) is 7.09. The average Bonchev–Trinajstić information content (AvgIpc) is 3.30. The lowest BCUT2D eigenvalue weighted by atomic mass is 10.0. The number of H-pyrrole nitrogens is 1. The lowest BCUT2D eigenvalue weighted by Gasteiger charge is -2.06. The third kappa shape index (κ3) is 4.57. The standard InChI is InChI=1S/C21H20N2O3S/c1-3-10-22-19(24)13-26-20(25)9-7-15-16-12-14(2)6-8-17(16)23-21(15)18-5-4-11-27-18/h1,4-6,8,11-12,23H,7,9-10,13H2,2H3,(H,22,24). The first-order valence-corrected chi connectivity index (χ1v) is 9.47. The van der Waals surface area contributed by atoms with Crippen LogP contribution in [-0.2, 0) is 20.7 Å². The molecular formula is C21H20N2O3S. The molecule has 3 aromatic rings. The molecule has 0 aliphatic carbocycles. The maximum Gasteiger partial charge on any atom is 0.306 e. The van der Waals surface area contributed by atoms with Crippen molar-refractivity contribution in [2.75, 3.05) is 13.2 Å². The molecule has 1 amide bonds. The summed E-state index contributed by atoms with van der Waals surface area (Å²) in [4.78, 5) is 28.1. The van der Waals surface area contributed by atoms with E-state index in [4.69, 9.17) is 11.2 Å². The predicted octanol–water partition coefficient (Wildman–Crippen LogP) is 3.43. The van der Waals surface area contributed by atoms with Crippen LogP contribution in [0.1, 0.15) is 17.5 Å². The van der Waals surface area contributed by atoms with Crippen LogP contribution in [0.5, 0.6) is 0 Å². The van der Waals surface area contributed by atoms with E-state index in [-0.39, 0.29) is 19.6 Å². The number of aryl methyl sites for hydroxylation is 2. The van der Waals surface area contributed by atoms with Crippen molar-refractivity contribution in [1.29, 1.82) is 0 Å². The number of carbonyl (C=O) groups is 2. The largest absolute Gasteiger partial charge is 0.456 e. The molecule has 0 aliphatic rings. The molecular weight excluding hydrogens is 360 g/mol. The predicted molar refractivity (Wildman–Crippen MR) is 107 cm³/mol. The number of nitrogens with one attached hydrogen (secondary N) is 2. The van der Waals surface area contributed by atoms with E-state index in [1.54, 1.807) is 11.3 Å². The fourth-order valence-electron chi connectivity index (χ4n) is 2.90. The highest BCUT2D eigenvalue weighted by Crippen LogP contribution is 2.34. The number of benzene rings is 1. The molecule has 0 saturated carbocycles. The number of thiophene rings is 1. The molecule has 0 spiro atoms. The number of amides is 1. The van der Waals surface area contributed by atoms with Crippen LogP contribution in [0.25, 0.3) is 21.5 Å². The second kappa shape index (κ2) is 8.56. The van der Waals surface area contributed by atoms with Gasteiger partial charge in [-0.1, -0.05) is 23.6 Å². The number of carbonyl (C=O) groups excluding carboxylic acids is 2. The molecule has 2 N–H and O–H groups in total. The van der Waals surface area contributed by atoms with Gasteiger partial charge in [-0.3, -0.25) is 9.59 Å². The van der Waals surface area contributed by atoms with Gasteiger partial charge in [0.15, 0.2) is 6.61 Å². The Morgan fingerprint density at radius 1 is 1.33 bits per heavy atom. The number of terminal acetylenes is 1. The molecule has 0 bridgehead atoms. The Balaban J connectivity index is 1.73. The number of fused-ring (bicyclic) bond motifs is 1. The van der Waals surface area contributed by atoms with Crippen LogP contribution < -0.4 is 5.32 Å². The molecule has 0 fully saturated rings. The number of hydrogen-bond donors (Lipinski definition) is 2. The summed E-state index contributed by atoms with van der Waals surface area (Å²) in [6.45, 7) is 1.85. The number of aromatic amines is 1. The summed E-state index contributed by atoms with van der Waals surface area (Å²) in [7, 11) is 0. The van der Waals surface area contributed by atoms with E-state index < -0.39 is 11.9 Å². The summed E-state index contributed by atoms with van der Waals surface area (Å²) in [5, 5.41) is 5.60. The molecule has 3 rings (SSSR count). The van der Waals surface area contributed by atoms with Crippen LogP contribution in [0.15, 0.2) is 35.7 Å². The summed E-state index contributed by atoms with van der Waals surface area (Å²) < 4.78 is 5.04. The fourth-order valence-corrected chi connectivity index (χ4v) is 3.65. The van der Waals surface area contributed by atoms with Crippen molar-refractivity contribution < 1.29 is 14.3 Å². The van der Waals surface area contributed by atoms with Gasteiger partial charge in [-0.05, 0) is 42.5 Å². The highest BCUT2D eigenvalue weighted by molar-refractivity contribution is 7.13. The lowest BCUT2D eigenvalue weighted by Crippen LogP contribution is -2.29. The molecule has 5 nitrogen and oxygen atoms in total. The van der Waals surface area contributed by atoms with Crippen molar-refractivity contribution in [3.8, 4) is 22.9 Å². The van der Waals surface area contributed by atoms with Gasteiger partial charge in [0.25, 0.3) is 5.91 Å². The molecule has 138 valence electrons. The van der Waals surface area contributed by atoms with E-state index in [0.29, 0.717) is 6.42 Å². The van der Waals surface area contributed by atoms with Gasteiger partial charge in [0.05, 0.1) is 17.1 Å². The van der Waals surface area contributed by atoms with Crippen LogP contribution in [0, 0.1) is 19.3 Å². The van der Waals surface area contributed by atoms with Crippen molar-refractivity contribution >= 4 is 34.1 Å². The first kappa shape index (κ1) is 18.7. The lowest BCUT2D eigenvalue weighted by molar-refractivity contribution is -0.148. The Morgan fingerprint density at radius 3 is 2.93 bits per heavy atom. The molecule has 2 aromatic heterocycles. The van der Waals surface area contributed by atoms with Crippen LogP contribution in [0.2, 0.25) is 0 Å². The first-order valence-electron chi connectivity index (χ1n) is 8.59. The minimum atomic E-state index is -0.412. The second-order valence-electron chi connectivity index (χ2n) is 6.15. The van der Waals surface area contributed by atoms with Gasteiger partial charge < -0.3 is 15.0 Å². The van der Waals surface area contributed by atoms with E-state index in [0.717, 1.165) is 32.6 Å². The maximum atomic E-state index is 12.1. The van der Waals surface area contributed by atoms with Crippen LogP contribution in [-0.4, -0.2) is 30.0 Å². The average molecular weight is 380 g/mol. The fraction of sp³-hybridized carbons (Fsp3) is 0.238. The van der Waals surface area contributed by atoms with Gasteiger partial charge >= 0.3 is 5.97 Å². The molecule has 1 aromatic carbocycles. The number of rotatable bonds is 7. The van der Waals surface area contributed by atoms with Crippen molar-refractivity contribution in [1.82, 2.24) is 10.3 Å². The monoisotopic (exact) mass is 380 g/mol. The van der Waals surface area contributed by atoms with Gasteiger partial charge in [0, 0.05) is 17.3 Å². The van der Waals surface area contributed by atoms with E-state index in [9.17, 15) is 9.59 Å². The quantitative estimate of drug-likeness (QED) is 0.487. The van der Waals surface area contributed by atoms with Gasteiger partial charge in [0.1, 0.15) is 0 Å².